The van der Waals surface area contributed by atoms with Crippen LogP contribution in [0.25, 0.3) is 0 Å². The summed E-state index contributed by atoms with van der Waals surface area (Å²) in [6.45, 7) is 4.58. The molecule has 2 rings (SSSR count). The summed E-state index contributed by atoms with van der Waals surface area (Å²) in [6, 6.07) is 10.6. The molecule has 0 saturated carbocycles. The number of carbonyl (C=O) groups is 2. The smallest absolute Gasteiger partial charge is 0.253 e. The van der Waals surface area contributed by atoms with Gasteiger partial charge in [-0.2, -0.15) is 0 Å². The summed E-state index contributed by atoms with van der Waals surface area (Å²) in [6.07, 6.45) is 0. The van der Waals surface area contributed by atoms with E-state index in [2.05, 4.69) is 5.32 Å². The molecule has 1 N–H and O–H groups in total. The van der Waals surface area contributed by atoms with Crippen LogP contribution in [-0.2, 0) is 4.79 Å². The van der Waals surface area contributed by atoms with Crippen LogP contribution in [0.2, 0.25) is 0 Å². The van der Waals surface area contributed by atoms with Gasteiger partial charge in [-0.1, -0.05) is 11.6 Å². The highest BCUT2D eigenvalue weighted by Crippen LogP contribution is 2.38. The lowest BCUT2D eigenvalue weighted by Gasteiger charge is -2.26. The fourth-order valence-corrected chi connectivity index (χ4v) is 2.96. The largest absolute Gasteiger partial charge is 0.497 e. The fraction of sp³-hybridized carbons (Fsp3) is 0.364. The van der Waals surface area contributed by atoms with Gasteiger partial charge in [-0.05, 0) is 45.3 Å². The summed E-state index contributed by atoms with van der Waals surface area (Å²) in [5.74, 6) is 0.595. The first kappa shape index (κ1) is 22.2. The molecule has 2 aromatic rings. The van der Waals surface area contributed by atoms with Crippen LogP contribution in [0.3, 0.4) is 0 Å². The quantitative estimate of drug-likeness (QED) is 0.739. The van der Waals surface area contributed by atoms with E-state index in [4.69, 9.17) is 9.47 Å². The van der Waals surface area contributed by atoms with E-state index in [0.29, 0.717) is 41.5 Å². The van der Waals surface area contributed by atoms with Gasteiger partial charge in [-0.15, -0.1) is 0 Å². The summed E-state index contributed by atoms with van der Waals surface area (Å²) in [7, 11) is 6.97. The van der Waals surface area contributed by atoms with Gasteiger partial charge in [-0.25, -0.2) is 0 Å². The van der Waals surface area contributed by atoms with Gasteiger partial charge in [0.25, 0.3) is 5.91 Å². The van der Waals surface area contributed by atoms with Crippen LogP contribution in [0.15, 0.2) is 36.4 Å². The molecule has 0 radical (unpaired) electrons. The van der Waals surface area contributed by atoms with Crippen molar-refractivity contribution >= 4 is 23.2 Å². The number of amides is 2. The molecule has 0 atom stereocenters. The van der Waals surface area contributed by atoms with Gasteiger partial charge in [-0.3, -0.25) is 14.5 Å². The second kappa shape index (κ2) is 9.93. The van der Waals surface area contributed by atoms with Gasteiger partial charge in [0.1, 0.15) is 11.5 Å². The number of hydrogen-bond acceptors (Lipinski definition) is 5. The molecule has 0 heterocycles. The lowest BCUT2D eigenvalue weighted by molar-refractivity contribution is -0.115. The van der Waals surface area contributed by atoms with Crippen molar-refractivity contribution in [2.75, 3.05) is 46.3 Å². The van der Waals surface area contributed by atoms with E-state index in [0.717, 1.165) is 5.56 Å². The first-order valence-electron chi connectivity index (χ1n) is 9.34. The average Bonchev–Trinajstić information content (AvgIpc) is 2.68. The summed E-state index contributed by atoms with van der Waals surface area (Å²) in [5.41, 5.74) is 2.33. The molecule has 0 fully saturated rings. The molecule has 2 aromatic carbocycles. The summed E-state index contributed by atoms with van der Waals surface area (Å²) >= 11 is 0. The maximum Gasteiger partial charge on any atom is 0.253 e. The Kier molecular flexibility index (Phi) is 7.61. The molecule has 2 amide bonds. The standard InChI is InChI=1S/C22H29N3O4/c1-15-7-9-19(18(13-15)22(27)23-11-12-24(3)4)25(16(2)26)20-14-17(28-5)8-10-21(20)29-6/h7-10,13-14H,11-12H2,1-6H3,(H,23,27). The zero-order valence-electron chi connectivity index (χ0n) is 17.9. The number of nitrogens with zero attached hydrogens (tertiary/aromatic N) is 2. The molecule has 0 aromatic heterocycles. The van der Waals surface area contributed by atoms with Crippen molar-refractivity contribution in [1.29, 1.82) is 0 Å². The topological polar surface area (TPSA) is 71.1 Å². The number of nitrogens with one attached hydrogen (secondary N) is 1. The van der Waals surface area contributed by atoms with Gasteiger partial charge in [0, 0.05) is 26.1 Å². The number of rotatable bonds is 8. The minimum absolute atomic E-state index is 0.237. The number of benzene rings is 2. The number of likely N-dealkylation sites (N-methyl/N-ethyl adjacent to an activating group) is 1. The maximum absolute atomic E-state index is 12.9. The van der Waals surface area contributed by atoms with E-state index in [1.165, 1.54) is 18.9 Å². The zero-order chi connectivity index (χ0) is 21.6. The van der Waals surface area contributed by atoms with E-state index in [9.17, 15) is 9.59 Å². The summed E-state index contributed by atoms with van der Waals surface area (Å²) < 4.78 is 10.8. The number of anilines is 2. The Balaban J connectivity index is 2.55. The molecule has 0 unspecified atom stereocenters. The van der Waals surface area contributed by atoms with Crippen molar-refractivity contribution in [2.45, 2.75) is 13.8 Å². The monoisotopic (exact) mass is 399 g/mol. The van der Waals surface area contributed by atoms with Crippen molar-refractivity contribution in [1.82, 2.24) is 10.2 Å². The van der Waals surface area contributed by atoms with E-state index in [1.54, 1.807) is 37.4 Å². The number of methoxy groups -OCH3 is 2. The molecule has 7 nitrogen and oxygen atoms in total. The molecule has 0 aliphatic rings. The predicted octanol–water partition coefficient (Wildman–Crippen LogP) is 2.99. The highest BCUT2D eigenvalue weighted by atomic mass is 16.5. The van der Waals surface area contributed by atoms with E-state index in [-0.39, 0.29) is 11.8 Å². The van der Waals surface area contributed by atoms with Gasteiger partial charge in [0.05, 0.1) is 31.2 Å². The minimum atomic E-state index is -0.247. The summed E-state index contributed by atoms with van der Waals surface area (Å²) in [4.78, 5) is 29.0. The van der Waals surface area contributed by atoms with Crippen LogP contribution in [-0.4, -0.2) is 58.1 Å². The Morgan fingerprint density at radius 3 is 2.31 bits per heavy atom. The first-order valence-corrected chi connectivity index (χ1v) is 9.34. The predicted molar refractivity (Wildman–Crippen MR) is 114 cm³/mol. The Labute approximate surface area is 172 Å². The molecule has 0 aliphatic heterocycles. The number of aryl methyl sites for hydroxylation is 1. The van der Waals surface area contributed by atoms with Gasteiger partial charge >= 0.3 is 0 Å². The molecular weight excluding hydrogens is 370 g/mol. The van der Waals surface area contributed by atoms with Crippen molar-refractivity contribution in [2.24, 2.45) is 0 Å². The SMILES string of the molecule is COc1ccc(OC)c(N(C(C)=O)c2ccc(C)cc2C(=O)NCCN(C)C)c1. The Morgan fingerprint density at radius 1 is 1.00 bits per heavy atom. The second-order valence-electron chi connectivity index (χ2n) is 6.97. The third-order valence-electron chi connectivity index (χ3n) is 4.42. The van der Waals surface area contributed by atoms with E-state index in [1.807, 2.05) is 32.0 Å². The number of carbonyl (C=O) groups excluding carboxylic acids is 2. The van der Waals surface area contributed by atoms with Crippen LogP contribution in [0.4, 0.5) is 11.4 Å². The highest BCUT2D eigenvalue weighted by Gasteiger charge is 2.24. The minimum Gasteiger partial charge on any atom is -0.497 e. The molecule has 29 heavy (non-hydrogen) atoms. The van der Waals surface area contributed by atoms with Crippen LogP contribution in [0, 0.1) is 6.92 Å². The van der Waals surface area contributed by atoms with Crippen LogP contribution >= 0.6 is 0 Å². The highest BCUT2D eigenvalue weighted by molar-refractivity contribution is 6.08. The molecule has 0 saturated heterocycles. The Hall–Kier alpha value is -3.06. The fourth-order valence-electron chi connectivity index (χ4n) is 2.96. The van der Waals surface area contributed by atoms with Crippen LogP contribution in [0.5, 0.6) is 11.5 Å². The van der Waals surface area contributed by atoms with Crippen LogP contribution in [0.1, 0.15) is 22.8 Å². The van der Waals surface area contributed by atoms with Gasteiger partial charge in [0.15, 0.2) is 0 Å². The van der Waals surface area contributed by atoms with Crippen molar-refractivity contribution in [3.05, 3.63) is 47.5 Å². The maximum atomic E-state index is 12.9. The van der Waals surface area contributed by atoms with Crippen molar-refractivity contribution < 1.29 is 19.1 Å². The normalized spacial score (nSPS) is 10.6. The molecule has 0 aliphatic carbocycles. The van der Waals surface area contributed by atoms with Gasteiger partial charge < -0.3 is 19.7 Å². The Morgan fingerprint density at radius 2 is 1.72 bits per heavy atom. The third kappa shape index (κ3) is 5.48. The van der Waals surface area contributed by atoms with Crippen LogP contribution < -0.4 is 19.7 Å². The van der Waals surface area contributed by atoms with Crippen molar-refractivity contribution in [3.8, 4) is 11.5 Å². The molecule has 156 valence electrons. The summed E-state index contributed by atoms with van der Waals surface area (Å²) in [5, 5.41) is 2.92. The van der Waals surface area contributed by atoms with Crippen molar-refractivity contribution in [3.63, 3.8) is 0 Å². The molecule has 0 bridgehead atoms. The second-order valence-corrected chi connectivity index (χ2v) is 6.97. The number of ether oxygens (including phenoxy) is 2. The van der Waals surface area contributed by atoms with E-state index < -0.39 is 0 Å². The third-order valence-corrected chi connectivity index (χ3v) is 4.42. The molecule has 7 heteroatoms. The first-order chi connectivity index (χ1) is 13.8. The van der Waals surface area contributed by atoms with Gasteiger partial charge in [0.2, 0.25) is 5.91 Å². The molecular formula is C22H29N3O4. The molecule has 0 spiro atoms. The lowest BCUT2D eigenvalue weighted by atomic mass is 10.1. The zero-order valence-corrected chi connectivity index (χ0v) is 17.9. The average molecular weight is 399 g/mol. The van der Waals surface area contributed by atoms with E-state index >= 15 is 0 Å². The lowest BCUT2D eigenvalue weighted by Crippen LogP contribution is -2.33. The Bertz CT molecular complexity index is 880. The number of hydrogen-bond donors (Lipinski definition) is 1.